The van der Waals surface area contributed by atoms with Gasteiger partial charge in [-0.2, -0.15) is 0 Å². The van der Waals surface area contributed by atoms with Gasteiger partial charge < -0.3 is 19.9 Å². The molecule has 2 saturated heterocycles. The van der Waals surface area contributed by atoms with Gasteiger partial charge in [0.15, 0.2) is 0 Å². The van der Waals surface area contributed by atoms with Crippen molar-refractivity contribution in [1.82, 2.24) is 20.2 Å². The molecular weight excluding hydrogens is 318 g/mol. The summed E-state index contributed by atoms with van der Waals surface area (Å²) in [5.74, 6) is 1.51. The summed E-state index contributed by atoms with van der Waals surface area (Å²) < 4.78 is 5.45. The van der Waals surface area contributed by atoms with Gasteiger partial charge in [0.25, 0.3) is 0 Å². The standard InChI is InChI=1S/C18H27N5O2/c24-18(14-2-1-5-19-6-3-14)23-7-4-15-16(12-23)20-13-21-17(15)22-8-10-25-11-9-22/h13-14,19H,1-12H2/t14-/m1/s1. The highest BCUT2D eigenvalue weighted by molar-refractivity contribution is 5.79. The van der Waals surface area contributed by atoms with Crippen LogP contribution in [0.15, 0.2) is 6.33 Å². The van der Waals surface area contributed by atoms with E-state index in [1.54, 1.807) is 6.33 Å². The highest BCUT2D eigenvalue weighted by atomic mass is 16.5. The van der Waals surface area contributed by atoms with Gasteiger partial charge in [0, 0.05) is 31.1 Å². The zero-order valence-corrected chi connectivity index (χ0v) is 14.7. The van der Waals surface area contributed by atoms with Crippen molar-refractivity contribution in [2.75, 3.05) is 50.8 Å². The van der Waals surface area contributed by atoms with Gasteiger partial charge in [-0.1, -0.05) is 0 Å². The van der Waals surface area contributed by atoms with E-state index in [1.165, 1.54) is 5.56 Å². The third-order valence-corrected chi connectivity index (χ3v) is 5.53. The average molecular weight is 345 g/mol. The van der Waals surface area contributed by atoms with Gasteiger partial charge in [-0.15, -0.1) is 0 Å². The van der Waals surface area contributed by atoms with Crippen LogP contribution in [0.2, 0.25) is 0 Å². The monoisotopic (exact) mass is 345 g/mol. The molecule has 25 heavy (non-hydrogen) atoms. The zero-order chi connectivity index (χ0) is 17.1. The molecule has 4 heterocycles. The maximum Gasteiger partial charge on any atom is 0.226 e. The van der Waals surface area contributed by atoms with Gasteiger partial charge in [0.2, 0.25) is 5.91 Å². The van der Waals surface area contributed by atoms with Crippen LogP contribution in [-0.4, -0.2) is 66.7 Å². The molecule has 1 amide bonds. The summed E-state index contributed by atoms with van der Waals surface area (Å²) in [6, 6.07) is 0. The number of nitrogens with one attached hydrogen (secondary N) is 1. The molecule has 7 heteroatoms. The van der Waals surface area contributed by atoms with E-state index < -0.39 is 0 Å². The highest BCUT2D eigenvalue weighted by Gasteiger charge is 2.30. The third-order valence-electron chi connectivity index (χ3n) is 5.53. The Balaban J connectivity index is 1.48. The Morgan fingerprint density at radius 3 is 2.92 bits per heavy atom. The average Bonchev–Trinajstić information content (AvgIpc) is 2.96. The first kappa shape index (κ1) is 16.7. The summed E-state index contributed by atoms with van der Waals surface area (Å²) in [7, 11) is 0. The quantitative estimate of drug-likeness (QED) is 0.846. The molecule has 1 atom stereocenters. The number of anilines is 1. The van der Waals surface area contributed by atoms with Crippen LogP contribution in [0.25, 0.3) is 0 Å². The molecule has 4 rings (SSSR count). The molecule has 3 aliphatic rings. The minimum Gasteiger partial charge on any atom is -0.378 e. The van der Waals surface area contributed by atoms with Crippen LogP contribution >= 0.6 is 0 Å². The largest absolute Gasteiger partial charge is 0.378 e. The fourth-order valence-electron chi connectivity index (χ4n) is 4.10. The Labute approximate surface area is 148 Å². The number of fused-ring (bicyclic) bond motifs is 1. The first-order chi connectivity index (χ1) is 12.3. The summed E-state index contributed by atoms with van der Waals surface area (Å²) in [6.45, 7) is 6.63. The Hall–Kier alpha value is -1.73. The summed E-state index contributed by atoms with van der Waals surface area (Å²) in [5.41, 5.74) is 2.24. The number of morpholine rings is 1. The van der Waals surface area contributed by atoms with Crippen molar-refractivity contribution in [3.05, 3.63) is 17.6 Å². The lowest BCUT2D eigenvalue weighted by Crippen LogP contribution is -2.42. The Kier molecular flexibility index (Phi) is 5.12. The van der Waals surface area contributed by atoms with Crippen molar-refractivity contribution in [3.8, 4) is 0 Å². The Morgan fingerprint density at radius 1 is 1.16 bits per heavy atom. The zero-order valence-electron chi connectivity index (χ0n) is 14.7. The molecule has 0 aromatic carbocycles. The number of aromatic nitrogens is 2. The summed E-state index contributed by atoms with van der Waals surface area (Å²) in [6.07, 6.45) is 5.53. The molecule has 0 aliphatic carbocycles. The van der Waals surface area contributed by atoms with E-state index >= 15 is 0 Å². The van der Waals surface area contributed by atoms with E-state index in [1.807, 2.05) is 4.90 Å². The maximum absolute atomic E-state index is 12.9. The van der Waals surface area contributed by atoms with Crippen molar-refractivity contribution in [2.45, 2.75) is 32.2 Å². The van der Waals surface area contributed by atoms with Gasteiger partial charge in [-0.3, -0.25) is 4.79 Å². The fraction of sp³-hybridized carbons (Fsp3) is 0.722. The number of ether oxygens (including phenoxy) is 1. The number of carbonyl (C=O) groups excluding carboxylic acids is 1. The second-order valence-electron chi connectivity index (χ2n) is 7.11. The molecule has 7 nitrogen and oxygen atoms in total. The molecule has 1 aromatic heterocycles. The molecule has 0 saturated carbocycles. The van der Waals surface area contributed by atoms with Crippen LogP contribution in [0.4, 0.5) is 5.82 Å². The van der Waals surface area contributed by atoms with E-state index in [9.17, 15) is 4.79 Å². The van der Waals surface area contributed by atoms with Gasteiger partial charge in [0.1, 0.15) is 12.1 Å². The summed E-state index contributed by atoms with van der Waals surface area (Å²) in [5, 5.41) is 3.39. The van der Waals surface area contributed by atoms with E-state index in [0.29, 0.717) is 12.5 Å². The van der Waals surface area contributed by atoms with Crippen molar-refractivity contribution in [3.63, 3.8) is 0 Å². The maximum atomic E-state index is 12.9. The predicted molar refractivity (Wildman–Crippen MR) is 94.4 cm³/mol. The first-order valence-corrected chi connectivity index (χ1v) is 9.48. The number of hydrogen-bond donors (Lipinski definition) is 1. The van der Waals surface area contributed by atoms with Crippen LogP contribution in [-0.2, 0) is 22.5 Å². The first-order valence-electron chi connectivity index (χ1n) is 9.48. The van der Waals surface area contributed by atoms with Crippen molar-refractivity contribution < 1.29 is 9.53 Å². The molecule has 136 valence electrons. The lowest BCUT2D eigenvalue weighted by Gasteiger charge is -2.34. The third kappa shape index (κ3) is 3.62. The van der Waals surface area contributed by atoms with Gasteiger partial charge >= 0.3 is 0 Å². The smallest absolute Gasteiger partial charge is 0.226 e. The fourth-order valence-corrected chi connectivity index (χ4v) is 4.10. The number of rotatable bonds is 2. The molecule has 3 aliphatic heterocycles. The number of amides is 1. The SMILES string of the molecule is O=C([C@@H]1CCCNCC1)N1CCc2c(ncnc2N2CCOCC2)C1. The number of carbonyl (C=O) groups is 1. The van der Waals surface area contributed by atoms with Crippen LogP contribution in [0, 0.1) is 5.92 Å². The highest BCUT2D eigenvalue weighted by Crippen LogP contribution is 2.28. The topological polar surface area (TPSA) is 70.6 Å². The molecule has 1 N–H and O–H groups in total. The molecule has 0 radical (unpaired) electrons. The normalized spacial score (nSPS) is 24.6. The minimum absolute atomic E-state index is 0.164. The molecule has 0 unspecified atom stereocenters. The Bertz CT molecular complexity index is 609. The molecule has 2 fully saturated rings. The summed E-state index contributed by atoms with van der Waals surface area (Å²) >= 11 is 0. The van der Waals surface area contributed by atoms with Crippen molar-refractivity contribution >= 4 is 11.7 Å². The molecule has 0 spiro atoms. The number of hydrogen-bond acceptors (Lipinski definition) is 6. The Morgan fingerprint density at radius 2 is 2.04 bits per heavy atom. The molecule has 0 bridgehead atoms. The lowest BCUT2D eigenvalue weighted by atomic mass is 9.97. The van der Waals surface area contributed by atoms with Gasteiger partial charge in [0.05, 0.1) is 25.5 Å². The second kappa shape index (κ2) is 7.66. The summed E-state index contributed by atoms with van der Waals surface area (Å²) in [4.78, 5) is 26.3. The van der Waals surface area contributed by atoms with Crippen molar-refractivity contribution in [2.24, 2.45) is 5.92 Å². The lowest BCUT2D eigenvalue weighted by molar-refractivity contribution is -0.136. The van der Waals surface area contributed by atoms with Gasteiger partial charge in [-0.05, 0) is 38.8 Å². The van der Waals surface area contributed by atoms with Crippen LogP contribution in [0.1, 0.15) is 30.5 Å². The van der Waals surface area contributed by atoms with E-state index in [4.69, 9.17) is 4.74 Å². The predicted octanol–water partition coefficient (Wildman–Crippen LogP) is 0.588. The van der Waals surface area contributed by atoms with Crippen LogP contribution in [0.5, 0.6) is 0 Å². The van der Waals surface area contributed by atoms with Crippen molar-refractivity contribution in [1.29, 1.82) is 0 Å². The van der Waals surface area contributed by atoms with Crippen LogP contribution in [0.3, 0.4) is 0 Å². The van der Waals surface area contributed by atoms with E-state index in [-0.39, 0.29) is 5.92 Å². The van der Waals surface area contributed by atoms with E-state index in [0.717, 1.165) is 83.1 Å². The van der Waals surface area contributed by atoms with Gasteiger partial charge in [-0.25, -0.2) is 9.97 Å². The van der Waals surface area contributed by atoms with Crippen LogP contribution < -0.4 is 10.2 Å². The number of nitrogens with zero attached hydrogens (tertiary/aromatic N) is 4. The minimum atomic E-state index is 0.164. The van der Waals surface area contributed by atoms with E-state index in [2.05, 4.69) is 20.2 Å². The molecule has 1 aromatic rings. The second-order valence-corrected chi connectivity index (χ2v) is 7.11. The molecular formula is C18H27N5O2.